The first-order valence-electron chi connectivity index (χ1n) is 8.20. The van der Waals surface area contributed by atoms with Crippen LogP contribution in [0.15, 0.2) is 50.6 Å². The van der Waals surface area contributed by atoms with E-state index in [4.69, 9.17) is 11.6 Å². The van der Waals surface area contributed by atoms with E-state index in [9.17, 15) is 13.4 Å². The van der Waals surface area contributed by atoms with Gasteiger partial charge in [0.15, 0.2) is 0 Å². The lowest BCUT2D eigenvalue weighted by Crippen LogP contribution is -2.14. The van der Waals surface area contributed by atoms with Gasteiger partial charge >= 0.3 is 0 Å². The Morgan fingerprint density at radius 1 is 1.33 bits per heavy atom. The molecule has 0 aliphatic rings. The maximum absolute atomic E-state index is 13.3. The maximum Gasteiger partial charge on any atom is 0.285 e. The number of carbonyl (C=O) groups is 1. The molecule has 0 aliphatic carbocycles. The van der Waals surface area contributed by atoms with E-state index in [1.54, 1.807) is 19.3 Å². The predicted molar refractivity (Wildman–Crippen MR) is 108 cm³/mol. The van der Waals surface area contributed by atoms with E-state index in [1.807, 2.05) is 18.9 Å². The van der Waals surface area contributed by atoms with Gasteiger partial charge in [-0.05, 0) is 49.7 Å². The predicted octanol–water partition coefficient (Wildman–Crippen LogP) is 4.70. The number of benzene rings is 2. The molecule has 2 aromatic rings. The average molecular weight is 410 g/mol. The summed E-state index contributed by atoms with van der Waals surface area (Å²) in [6.07, 6.45) is 3.01. The third-order valence-electron chi connectivity index (χ3n) is 3.87. The van der Waals surface area contributed by atoms with E-state index in [0.29, 0.717) is 21.2 Å². The average Bonchev–Trinajstić information content (AvgIpc) is 2.61. The molecule has 0 fully saturated rings. The van der Waals surface area contributed by atoms with Crippen LogP contribution in [0.4, 0.5) is 10.1 Å². The minimum absolute atomic E-state index is 0.0390. The summed E-state index contributed by atoms with van der Waals surface area (Å²) in [4.78, 5) is 18.8. The Labute approximate surface area is 164 Å². The van der Waals surface area contributed by atoms with Gasteiger partial charge < -0.3 is 4.90 Å². The summed E-state index contributed by atoms with van der Waals surface area (Å²) in [6.45, 7) is 4.53. The van der Waals surface area contributed by atoms with Crippen LogP contribution >= 0.6 is 11.6 Å². The largest absolute Gasteiger partial charge is 0.366 e. The van der Waals surface area contributed by atoms with Crippen molar-refractivity contribution in [3.05, 3.63) is 58.4 Å². The fourth-order valence-corrected chi connectivity index (χ4v) is 4.07. The van der Waals surface area contributed by atoms with Crippen molar-refractivity contribution in [2.45, 2.75) is 18.7 Å². The summed E-state index contributed by atoms with van der Waals surface area (Å²) in [5.41, 5.74) is 1.22. The van der Waals surface area contributed by atoms with Crippen molar-refractivity contribution >= 4 is 39.3 Å². The van der Waals surface area contributed by atoms with Gasteiger partial charge in [-0.3, -0.25) is 4.79 Å². The van der Waals surface area contributed by atoms with Crippen LogP contribution in [-0.2, 0) is 9.73 Å². The van der Waals surface area contributed by atoms with Crippen LogP contribution in [0, 0.1) is 12.7 Å². The molecule has 1 amide bonds. The van der Waals surface area contributed by atoms with Crippen molar-refractivity contribution in [1.82, 2.24) is 4.90 Å². The molecule has 0 bridgehead atoms. The standard InChI is InChI=1S/C19H21ClFN3O2S/c1-5-24(3)12-22-17-9-13(2)18(11-16(17)20)27(4,26)23-19(25)14-7-6-8-15(21)10-14/h6-12H,5H2,1-4H3/b22-12+. The van der Waals surface area contributed by atoms with Crippen molar-refractivity contribution < 1.29 is 13.4 Å². The zero-order valence-electron chi connectivity index (χ0n) is 15.6. The Kier molecular flexibility index (Phi) is 6.73. The van der Waals surface area contributed by atoms with Gasteiger partial charge in [0.2, 0.25) is 0 Å². The molecule has 27 heavy (non-hydrogen) atoms. The lowest BCUT2D eigenvalue weighted by Gasteiger charge is -2.12. The zero-order valence-corrected chi connectivity index (χ0v) is 17.1. The number of rotatable bonds is 5. The van der Waals surface area contributed by atoms with Gasteiger partial charge in [0.1, 0.15) is 5.82 Å². The minimum atomic E-state index is -3.07. The Morgan fingerprint density at radius 3 is 2.67 bits per heavy atom. The summed E-state index contributed by atoms with van der Waals surface area (Å²) in [5, 5.41) is 0.305. The van der Waals surface area contributed by atoms with Crippen molar-refractivity contribution in [3.8, 4) is 0 Å². The molecular formula is C19H21ClFN3O2S. The summed E-state index contributed by atoms with van der Waals surface area (Å²) in [7, 11) is -1.19. The van der Waals surface area contributed by atoms with Crippen LogP contribution in [0.5, 0.6) is 0 Å². The van der Waals surface area contributed by atoms with Crippen LogP contribution in [0.25, 0.3) is 0 Å². The highest BCUT2D eigenvalue weighted by molar-refractivity contribution is 7.93. The second-order valence-corrected chi connectivity index (χ2v) is 8.73. The second-order valence-electron chi connectivity index (χ2n) is 6.10. The Morgan fingerprint density at radius 2 is 2.04 bits per heavy atom. The molecule has 0 saturated carbocycles. The van der Waals surface area contributed by atoms with Gasteiger partial charge in [-0.25, -0.2) is 13.6 Å². The number of hydrogen-bond donors (Lipinski definition) is 0. The molecule has 144 valence electrons. The molecule has 0 saturated heterocycles. The Bertz CT molecular complexity index is 1010. The lowest BCUT2D eigenvalue weighted by atomic mass is 10.2. The normalized spacial score (nSPS) is 13.4. The number of aliphatic imine (C=N–C) groups is 1. The van der Waals surface area contributed by atoms with Crippen LogP contribution in [0.3, 0.4) is 0 Å². The van der Waals surface area contributed by atoms with E-state index in [2.05, 4.69) is 9.36 Å². The van der Waals surface area contributed by atoms with Gasteiger partial charge in [-0.2, -0.15) is 4.36 Å². The highest BCUT2D eigenvalue weighted by Crippen LogP contribution is 2.31. The molecule has 5 nitrogen and oxygen atoms in total. The first-order valence-corrected chi connectivity index (χ1v) is 10.5. The molecule has 1 unspecified atom stereocenters. The number of carbonyl (C=O) groups excluding carboxylic acids is 1. The molecule has 0 aromatic heterocycles. The number of amides is 1. The van der Waals surface area contributed by atoms with Crippen LogP contribution in [0.1, 0.15) is 22.8 Å². The SMILES string of the molecule is CCN(C)/C=N/c1cc(C)c(S(C)(=O)=NC(=O)c2cccc(F)c2)cc1Cl. The maximum atomic E-state index is 13.3. The molecule has 0 N–H and O–H groups in total. The van der Waals surface area contributed by atoms with E-state index < -0.39 is 21.5 Å². The number of nitrogens with zero attached hydrogens (tertiary/aromatic N) is 3. The monoisotopic (exact) mass is 409 g/mol. The third kappa shape index (κ3) is 5.37. The molecular weight excluding hydrogens is 389 g/mol. The van der Waals surface area contributed by atoms with E-state index >= 15 is 0 Å². The summed E-state index contributed by atoms with van der Waals surface area (Å²) < 4.78 is 30.2. The molecule has 0 radical (unpaired) electrons. The quantitative estimate of drug-likeness (QED) is 0.531. The number of halogens is 2. The van der Waals surface area contributed by atoms with E-state index in [0.717, 1.165) is 12.6 Å². The molecule has 2 aromatic carbocycles. The fraction of sp³-hybridized carbons (Fsp3) is 0.263. The van der Waals surface area contributed by atoms with Crippen molar-refractivity contribution in [3.63, 3.8) is 0 Å². The highest BCUT2D eigenvalue weighted by atomic mass is 35.5. The van der Waals surface area contributed by atoms with E-state index in [-0.39, 0.29) is 5.56 Å². The first kappa shape index (κ1) is 21.1. The van der Waals surface area contributed by atoms with Gasteiger partial charge in [0.25, 0.3) is 5.91 Å². The van der Waals surface area contributed by atoms with Gasteiger partial charge in [-0.15, -0.1) is 0 Å². The minimum Gasteiger partial charge on any atom is -0.366 e. The van der Waals surface area contributed by atoms with Gasteiger partial charge in [-0.1, -0.05) is 17.7 Å². The topological polar surface area (TPSA) is 62.1 Å². The summed E-state index contributed by atoms with van der Waals surface area (Å²) >= 11 is 6.27. The van der Waals surface area contributed by atoms with Crippen LogP contribution < -0.4 is 0 Å². The summed E-state index contributed by atoms with van der Waals surface area (Å²) in [6, 6.07) is 8.32. The van der Waals surface area contributed by atoms with Gasteiger partial charge in [0.05, 0.1) is 31.7 Å². The molecule has 1 atom stereocenters. The third-order valence-corrected chi connectivity index (χ3v) is 5.95. The second kappa shape index (κ2) is 8.63. The Balaban J connectivity index is 2.44. The zero-order chi connectivity index (χ0) is 20.2. The lowest BCUT2D eigenvalue weighted by molar-refractivity contribution is 0.100. The highest BCUT2D eigenvalue weighted by Gasteiger charge is 2.16. The molecule has 0 spiro atoms. The first-order chi connectivity index (χ1) is 12.6. The van der Waals surface area contributed by atoms with Crippen LogP contribution in [-0.4, -0.2) is 41.2 Å². The number of hydrogen-bond acceptors (Lipinski definition) is 3. The van der Waals surface area contributed by atoms with E-state index in [1.165, 1.54) is 30.5 Å². The van der Waals surface area contributed by atoms with Crippen molar-refractivity contribution in [2.75, 3.05) is 19.8 Å². The van der Waals surface area contributed by atoms with Crippen molar-refractivity contribution in [2.24, 2.45) is 9.36 Å². The molecule has 0 heterocycles. The Hall–Kier alpha value is -2.25. The molecule has 0 aliphatic heterocycles. The molecule has 8 heteroatoms. The number of aryl methyl sites for hydroxylation is 1. The summed E-state index contributed by atoms with van der Waals surface area (Å²) in [5.74, 6) is -1.30. The fourth-order valence-electron chi connectivity index (χ4n) is 2.28. The molecule has 2 rings (SSSR count). The van der Waals surface area contributed by atoms with Crippen molar-refractivity contribution in [1.29, 1.82) is 0 Å². The van der Waals surface area contributed by atoms with Gasteiger partial charge in [0, 0.05) is 25.4 Å². The smallest absolute Gasteiger partial charge is 0.285 e. The van der Waals surface area contributed by atoms with Crippen LogP contribution in [0.2, 0.25) is 5.02 Å².